The van der Waals surface area contributed by atoms with Gasteiger partial charge in [0.15, 0.2) is 0 Å². The Morgan fingerprint density at radius 1 is 1.31 bits per heavy atom. The Hall–Kier alpha value is -0.770. The zero-order valence-corrected chi connectivity index (χ0v) is 8.89. The minimum absolute atomic E-state index is 0.112. The number of amides is 2. The van der Waals surface area contributed by atoms with E-state index in [4.69, 9.17) is 4.74 Å². The van der Waals surface area contributed by atoms with Gasteiger partial charge < -0.3 is 15.4 Å². The number of methoxy groups -OCH3 is 1. The zero-order valence-electron chi connectivity index (χ0n) is 8.89. The summed E-state index contributed by atoms with van der Waals surface area (Å²) in [4.78, 5) is 11.2. The van der Waals surface area contributed by atoms with Crippen LogP contribution in [-0.4, -0.2) is 31.8 Å². The molecule has 0 heterocycles. The van der Waals surface area contributed by atoms with Gasteiger partial charge in [-0.3, -0.25) is 0 Å². The number of rotatable bonds is 5. The molecule has 0 aromatic rings. The van der Waals surface area contributed by atoms with Gasteiger partial charge in [-0.1, -0.05) is 0 Å². The van der Waals surface area contributed by atoms with Crippen molar-refractivity contribution in [3.8, 4) is 0 Å². The van der Waals surface area contributed by atoms with Gasteiger partial charge in [0.25, 0.3) is 0 Å². The van der Waals surface area contributed by atoms with Crippen molar-refractivity contribution < 1.29 is 9.53 Å². The van der Waals surface area contributed by atoms with E-state index in [1.165, 1.54) is 0 Å². The van der Waals surface area contributed by atoms with E-state index in [0.717, 1.165) is 6.42 Å². The second-order valence-electron chi connectivity index (χ2n) is 3.46. The Morgan fingerprint density at radius 3 is 2.38 bits per heavy atom. The van der Waals surface area contributed by atoms with Crippen LogP contribution in [0, 0.1) is 0 Å². The van der Waals surface area contributed by atoms with Gasteiger partial charge in [0, 0.05) is 25.8 Å². The summed E-state index contributed by atoms with van der Waals surface area (Å²) in [6.07, 6.45) is 0.835. The SMILES string of the molecule is COCCC(C)NC(=O)NC(C)C. The molecule has 0 aromatic carbocycles. The molecule has 0 aromatic heterocycles. The van der Waals surface area contributed by atoms with Crippen LogP contribution >= 0.6 is 0 Å². The highest BCUT2D eigenvalue weighted by atomic mass is 16.5. The van der Waals surface area contributed by atoms with Crippen LogP contribution in [0.2, 0.25) is 0 Å². The van der Waals surface area contributed by atoms with Gasteiger partial charge in [-0.05, 0) is 27.2 Å². The molecule has 13 heavy (non-hydrogen) atoms. The molecule has 1 atom stereocenters. The van der Waals surface area contributed by atoms with Crippen molar-refractivity contribution in [2.75, 3.05) is 13.7 Å². The molecule has 78 valence electrons. The Balaban J connectivity index is 3.53. The summed E-state index contributed by atoms with van der Waals surface area (Å²) in [5.41, 5.74) is 0. The summed E-state index contributed by atoms with van der Waals surface area (Å²) >= 11 is 0. The summed E-state index contributed by atoms with van der Waals surface area (Å²) in [6.45, 7) is 6.49. The number of hydrogen-bond acceptors (Lipinski definition) is 2. The normalized spacial score (nSPS) is 12.7. The van der Waals surface area contributed by atoms with Gasteiger partial charge in [-0.2, -0.15) is 0 Å². The first-order valence-electron chi connectivity index (χ1n) is 4.62. The van der Waals surface area contributed by atoms with Crippen molar-refractivity contribution in [2.24, 2.45) is 0 Å². The first-order chi connectivity index (χ1) is 6.06. The van der Waals surface area contributed by atoms with E-state index >= 15 is 0 Å². The molecule has 0 saturated heterocycles. The molecule has 0 bridgehead atoms. The molecule has 0 aliphatic carbocycles. The monoisotopic (exact) mass is 188 g/mol. The van der Waals surface area contributed by atoms with E-state index in [1.807, 2.05) is 20.8 Å². The Labute approximate surface area is 80.0 Å². The number of hydrogen-bond donors (Lipinski definition) is 2. The fourth-order valence-electron chi connectivity index (χ4n) is 0.894. The van der Waals surface area contributed by atoms with E-state index < -0.39 is 0 Å². The molecule has 1 unspecified atom stereocenters. The van der Waals surface area contributed by atoms with Crippen molar-refractivity contribution in [3.63, 3.8) is 0 Å². The third kappa shape index (κ3) is 7.59. The van der Waals surface area contributed by atoms with Gasteiger partial charge >= 0.3 is 6.03 Å². The lowest BCUT2D eigenvalue weighted by Gasteiger charge is -2.15. The quantitative estimate of drug-likeness (QED) is 0.679. The third-order valence-electron chi connectivity index (χ3n) is 1.55. The maximum absolute atomic E-state index is 11.2. The van der Waals surface area contributed by atoms with Crippen LogP contribution in [0.4, 0.5) is 4.79 Å². The topological polar surface area (TPSA) is 50.4 Å². The predicted octanol–water partition coefficient (Wildman–Crippen LogP) is 1.12. The largest absolute Gasteiger partial charge is 0.385 e. The second-order valence-corrected chi connectivity index (χ2v) is 3.46. The Kier molecular flexibility index (Phi) is 6.32. The highest BCUT2D eigenvalue weighted by Crippen LogP contribution is 1.90. The van der Waals surface area contributed by atoms with Gasteiger partial charge in [0.1, 0.15) is 0 Å². The molecule has 0 aliphatic rings. The number of nitrogens with one attached hydrogen (secondary N) is 2. The Morgan fingerprint density at radius 2 is 1.92 bits per heavy atom. The summed E-state index contributed by atoms with van der Waals surface area (Å²) in [7, 11) is 1.65. The number of ether oxygens (including phenoxy) is 1. The zero-order chi connectivity index (χ0) is 10.3. The van der Waals surface area contributed by atoms with Crippen LogP contribution < -0.4 is 10.6 Å². The summed E-state index contributed by atoms with van der Waals surface area (Å²) in [5.74, 6) is 0. The van der Waals surface area contributed by atoms with Crippen molar-refractivity contribution in [3.05, 3.63) is 0 Å². The fraction of sp³-hybridized carbons (Fsp3) is 0.889. The van der Waals surface area contributed by atoms with E-state index in [0.29, 0.717) is 6.61 Å². The van der Waals surface area contributed by atoms with Crippen LogP contribution in [0.1, 0.15) is 27.2 Å². The summed E-state index contributed by atoms with van der Waals surface area (Å²) in [6, 6.07) is 0.215. The smallest absolute Gasteiger partial charge is 0.315 e. The van der Waals surface area contributed by atoms with E-state index in [1.54, 1.807) is 7.11 Å². The van der Waals surface area contributed by atoms with Crippen molar-refractivity contribution in [2.45, 2.75) is 39.3 Å². The van der Waals surface area contributed by atoms with E-state index in [-0.39, 0.29) is 18.1 Å². The predicted molar refractivity (Wildman–Crippen MR) is 52.8 cm³/mol. The first kappa shape index (κ1) is 12.2. The fourth-order valence-corrected chi connectivity index (χ4v) is 0.894. The molecule has 0 rings (SSSR count). The maximum Gasteiger partial charge on any atom is 0.315 e. The molecule has 4 heteroatoms. The van der Waals surface area contributed by atoms with Gasteiger partial charge in [0.05, 0.1) is 0 Å². The minimum Gasteiger partial charge on any atom is -0.385 e. The lowest BCUT2D eigenvalue weighted by Crippen LogP contribution is -2.43. The second kappa shape index (κ2) is 6.71. The molecule has 0 radical (unpaired) electrons. The summed E-state index contributed by atoms with van der Waals surface area (Å²) < 4.78 is 4.90. The van der Waals surface area contributed by atoms with Crippen LogP contribution in [0.3, 0.4) is 0 Å². The highest BCUT2D eigenvalue weighted by molar-refractivity contribution is 5.74. The average molecular weight is 188 g/mol. The standard InChI is InChI=1S/C9H20N2O2/c1-7(2)10-9(12)11-8(3)5-6-13-4/h7-8H,5-6H2,1-4H3,(H2,10,11,12). The molecule has 2 N–H and O–H groups in total. The third-order valence-corrected chi connectivity index (χ3v) is 1.55. The summed E-state index contributed by atoms with van der Waals surface area (Å²) in [5, 5.41) is 5.58. The molecular weight excluding hydrogens is 168 g/mol. The van der Waals surface area contributed by atoms with Crippen LogP contribution in [0.25, 0.3) is 0 Å². The molecule has 0 fully saturated rings. The average Bonchev–Trinajstić information content (AvgIpc) is 1.98. The van der Waals surface area contributed by atoms with Crippen LogP contribution in [0.15, 0.2) is 0 Å². The van der Waals surface area contributed by atoms with Gasteiger partial charge in [0.2, 0.25) is 0 Å². The van der Waals surface area contributed by atoms with Gasteiger partial charge in [-0.25, -0.2) is 4.79 Å². The van der Waals surface area contributed by atoms with Gasteiger partial charge in [-0.15, -0.1) is 0 Å². The van der Waals surface area contributed by atoms with Crippen LogP contribution in [0.5, 0.6) is 0 Å². The molecule has 0 spiro atoms. The minimum atomic E-state index is -0.112. The van der Waals surface area contributed by atoms with E-state index in [2.05, 4.69) is 10.6 Å². The lowest BCUT2D eigenvalue weighted by molar-refractivity contribution is 0.183. The van der Waals surface area contributed by atoms with Crippen LogP contribution in [-0.2, 0) is 4.74 Å². The molecule has 2 amide bonds. The molecule has 4 nitrogen and oxygen atoms in total. The van der Waals surface area contributed by atoms with Crippen molar-refractivity contribution in [1.82, 2.24) is 10.6 Å². The van der Waals surface area contributed by atoms with E-state index in [9.17, 15) is 4.79 Å². The van der Waals surface area contributed by atoms with Crippen molar-refractivity contribution >= 4 is 6.03 Å². The molecular formula is C9H20N2O2. The number of carbonyl (C=O) groups excluding carboxylic acids is 1. The highest BCUT2D eigenvalue weighted by Gasteiger charge is 2.06. The molecule has 0 aliphatic heterocycles. The lowest BCUT2D eigenvalue weighted by atomic mass is 10.2. The number of carbonyl (C=O) groups is 1. The molecule has 0 saturated carbocycles. The first-order valence-corrected chi connectivity index (χ1v) is 4.62. The Bertz CT molecular complexity index is 149. The maximum atomic E-state index is 11.2. The number of urea groups is 1. The van der Waals surface area contributed by atoms with Crippen molar-refractivity contribution in [1.29, 1.82) is 0 Å².